The van der Waals surface area contributed by atoms with Crippen LogP contribution in [0.4, 0.5) is 5.69 Å². The van der Waals surface area contributed by atoms with Crippen LogP contribution in [-0.4, -0.2) is 48.0 Å². The highest BCUT2D eigenvalue weighted by Gasteiger charge is 2.18. The number of anilines is 1. The van der Waals surface area contributed by atoms with Crippen LogP contribution in [0.3, 0.4) is 0 Å². The first kappa shape index (κ1) is 17.5. The lowest BCUT2D eigenvalue weighted by molar-refractivity contribution is 0.102. The second-order valence-electron chi connectivity index (χ2n) is 6.91. The summed E-state index contributed by atoms with van der Waals surface area (Å²) >= 11 is 0. The monoisotopic (exact) mass is 365 g/mol. The van der Waals surface area contributed by atoms with Gasteiger partial charge in [0.25, 0.3) is 5.91 Å². The minimum atomic E-state index is -0.147. The molecule has 7 nitrogen and oxygen atoms in total. The average Bonchev–Trinajstić information content (AvgIpc) is 2.86. The molecule has 3 N–H and O–H groups in total. The summed E-state index contributed by atoms with van der Waals surface area (Å²) in [6.07, 6.45) is 0. The lowest BCUT2D eigenvalue weighted by Gasteiger charge is -2.12. The normalized spacial score (nSPS) is 13.9. The van der Waals surface area contributed by atoms with Crippen molar-refractivity contribution in [3.8, 4) is 5.75 Å². The number of nitrogens with one attached hydrogen (secondary N) is 3. The number of aromatic nitrogens is 2. The highest BCUT2D eigenvalue weighted by Crippen LogP contribution is 2.25. The Labute approximate surface area is 157 Å². The minimum Gasteiger partial charge on any atom is -0.492 e. The van der Waals surface area contributed by atoms with Crippen LogP contribution >= 0.6 is 0 Å². The summed E-state index contributed by atoms with van der Waals surface area (Å²) in [7, 11) is 4.00. The maximum Gasteiger partial charge on any atom is 0.256 e. The molecule has 0 fully saturated rings. The Bertz CT molecular complexity index is 980. The fourth-order valence-corrected chi connectivity index (χ4v) is 3.26. The molecule has 2 aromatic carbocycles. The van der Waals surface area contributed by atoms with Gasteiger partial charge in [0.2, 0.25) is 0 Å². The molecule has 1 amide bonds. The van der Waals surface area contributed by atoms with Crippen LogP contribution in [0, 0.1) is 0 Å². The molecule has 1 aliphatic rings. The minimum absolute atomic E-state index is 0.147. The summed E-state index contributed by atoms with van der Waals surface area (Å²) in [5.41, 5.74) is 4.04. The molecule has 2 heterocycles. The number of ether oxygens (including phenoxy) is 1. The number of amides is 1. The van der Waals surface area contributed by atoms with Gasteiger partial charge in [-0.05, 0) is 44.4 Å². The third kappa shape index (κ3) is 3.79. The Morgan fingerprint density at radius 1 is 1.30 bits per heavy atom. The molecule has 3 aromatic rings. The molecule has 0 atom stereocenters. The average molecular weight is 365 g/mol. The smallest absolute Gasteiger partial charge is 0.256 e. The van der Waals surface area contributed by atoms with Gasteiger partial charge in [-0.1, -0.05) is 6.07 Å². The van der Waals surface area contributed by atoms with Gasteiger partial charge in [0.15, 0.2) is 0 Å². The van der Waals surface area contributed by atoms with Crippen molar-refractivity contribution in [3.63, 3.8) is 0 Å². The summed E-state index contributed by atoms with van der Waals surface area (Å²) in [6.45, 7) is 2.72. The number of carbonyl (C=O) groups is 1. The maximum atomic E-state index is 12.9. The number of carbonyl (C=O) groups excluding carboxylic acids is 1. The van der Waals surface area contributed by atoms with Crippen molar-refractivity contribution in [1.82, 2.24) is 20.2 Å². The number of hydrogen-bond acceptors (Lipinski definition) is 5. The number of fused-ring (bicyclic) bond motifs is 2. The topological polar surface area (TPSA) is 82.3 Å². The molecule has 27 heavy (non-hydrogen) atoms. The zero-order valence-corrected chi connectivity index (χ0v) is 15.5. The van der Waals surface area contributed by atoms with E-state index in [2.05, 4.69) is 25.5 Å². The number of aromatic amines is 1. The van der Waals surface area contributed by atoms with Gasteiger partial charge in [0.1, 0.15) is 18.2 Å². The molecule has 0 spiro atoms. The third-order valence-corrected chi connectivity index (χ3v) is 4.47. The van der Waals surface area contributed by atoms with Gasteiger partial charge in [0.05, 0.1) is 17.6 Å². The molecule has 0 bridgehead atoms. The molecule has 1 aromatic heterocycles. The molecular formula is C20H23N5O2. The van der Waals surface area contributed by atoms with E-state index in [9.17, 15) is 4.79 Å². The predicted molar refractivity (Wildman–Crippen MR) is 105 cm³/mol. The highest BCUT2D eigenvalue weighted by atomic mass is 16.5. The van der Waals surface area contributed by atoms with Crippen LogP contribution < -0.4 is 15.4 Å². The van der Waals surface area contributed by atoms with Gasteiger partial charge in [-0.25, -0.2) is 4.98 Å². The first-order valence-corrected chi connectivity index (χ1v) is 9.00. The quantitative estimate of drug-likeness (QED) is 0.661. The van der Waals surface area contributed by atoms with Crippen molar-refractivity contribution in [2.75, 3.05) is 32.6 Å². The van der Waals surface area contributed by atoms with E-state index >= 15 is 0 Å². The summed E-state index contributed by atoms with van der Waals surface area (Å²) in [6, 6.07) is 11.3. The molecular weight excluding hydrogens is 342 g/mol. The lowest BCUT2D eigenvalue weighted by Crippen LogP contribution is -2.19. The molecule has 0 saturated carbocycles. The third-order valence-electron chi connectivity index (χ3n) is 4.47. The van der Waals surface area contributed by atoms with Crippen LogP contribution in [0.25, 0.3) is 11.0 Å². The fraction of sp³-hybridized carbons (Fsp3) is 0.300. The van der Waals surface area contributed by atoms with Crippen LogP contribution in [0.5, 0.6) is 5.75 Å². The molecule has 140 valence electrons. The van der Waals surface area contributed by atoms with Gasteiger partial charge in [-0.2, -0.15) is 0 Å². The van der Waals surface area contributed by atoms with Crippen molar-refractivity contribution >= 4 is 22.6 Å². The first-order chi connectivity index (χ1) is 13.1. The van der Waals surface area contributed by atoms with Crippen molar-refractivity contribution in [3.05, 3.63) is 53.3 Å². The second kappa shape index (κ2) is 7.38. The fourth-order valence-electron chi connectivity index (χ4n) is 3.26. The van der Waals surface area contributed by atoms with Gasteiger partial charge in [0, 0.05) is 29.9 Å². The van der Waals surface area contributed by atoms with Crippen molar-refractivity contribution in [2.24, 2.45) is 0 Å². The molecule has 0 aliphatic carbocycles. The zero-order valence-electron chi connectivity index (χ0n) is 15.5. The molecule has 0 saturated heterocycles. The van der Waals surface area contributed by atoms with E-state index in [-0.39, 0.29) is 5.91 Å². The molecule has 0 unspecified atom stereocenters. The Morgan fingerprint density at radius 2 is 2.19 bits per heavy atom. The van der Waals surface area contributed by atoms with E-state index in [0.29, 0.717) is 18.7 Å². The first-order valence-electron chi connectivity index (χ1n) is 9.00. The number of nitrogens with zero attached hydrogens (tertiary/aromatic N) is 2. The van der Waals surface area contributed by atoms with E-state index in [1.807, 2.05) is 50.5 Å². The Hall–Kier alpha value is -2.90. The van der Waals surface area contributed by atoms with Gasteiger partial charge in [-0.15, -0.1) is 0 Å². The van der Waals surface area contributed by atoms with E-state index in [0.717, 1.165) is 46.9 Å². The number of H-pyrrole nitrogens is 1. The molecule has 4 rings (SSSR count). The number of benzene rings is 2. The SMILES string of the molecule is CN(C)Cc1nc2ccc(NC(=O)c3cccc4c3CNCCO4)cc2[nH]1. The van der Waals surface area contributed by atoms with E-state index in [1.165, 1.54) is 0 Å². The molecule has 0 radical (unpaired) electrons. The molecule has 1 aliphatic heterocycles. The summed E-state index contributed by atoms with van der Waals surface area (Å²) < 4.78 is 5.72. The summed E-state index contributed by atoms with van der Waals surface area (Å²) in [4.78, 5) is 22.8. The largest absolute Gasteiger partial charge is 0.492 e. The Kier molecular flexibility index (Phi) is 4.79. The van der Waals surface area contributed by atoms with Gasteiger partial charge < -0.3 is 25.3 Å². The van der Waals surface area contributed by atoms with Crippen LogP contribution in [0.15, 0.2) is 36.4 Å². The Morgan fingerprint density at radius 3 is 3.04 bits per heavy atom. The van der Waals surface area contributed by atoms with Crippen LogP contribution in [0.1, 0.15) is 21.7 Å². The second-order valence-corrected chi connectivity index (χ2v) is 6.91. The summed E-state index contributed by atoms with van der Waals surface area (Å²) in [5, 5.41) is 6.27. The summed E-state index contributed by atoms with van der Waals surface area (Å²) in [5.74, 6) is 1.52. The zero-order chi connectivity index (χ0) is 18.8. The van der Waals surface area contributed by atoms with Gasteiger partial charge >= 0.3 is 0 Å². The number of rotatable bonds is 4. The molecule has 7 heteroatoms. The predicted octanol–water partition coefficient (Wildman–Crippen LogP) is 2.36. The number of hydrogen-bond donors (Lipinski definition) is 3. The van der Waals surface area contributed by atoms with Crippen molar-refractivity contribution in [1.29, 1.82) is 0 Å². The van der Waals surface area contributed by atoms with E-state index in [1.54, 1.807) is 0 Å². The standard InChI is InChI=1S/C20H23N5O2/c1-25(2)12-19-23-16-7-6-13(10-17(16)24-19)22-20(26)14-4-3-5-18-15(14)11-21-8-9-27-18/h3-7,10,21H,8-9,11-12H2,1-2H3,(H,22,26)(H,23,24). The highest BCUT2D eigenvalue weighted by molar-refractivity contribution is 6.06. The maximum absolute atomic E-state index is 12.9. The van der Waals surface area contributed by atoms with E-state index in [4.69, 9.17) is 4.74 Å². The van der Waals surface area contributed by atoms with Crippen molar-refractivity contribution < 1.29 is 9.53 Å². The van der Waals surface area contributed by atoms with Crippen LogP contribution in [0.2, 0.25) is 0 Å². The van der Waals surface area contributed by atoms with E-state index < -0.39 is 0 Å². The Balaban J connectivity index is 1.58. The lowest BCUT2D eigenvalue weighted by atomic mass is 10.1. The van der Waals surface area contributed by atoms with Crippen molar-refractivity contribution in [2.45, 2.75) is 13.1 Å². The van der Waals surface area contributed by atoms with Crippen LogP contribution in [-0.2, 0) is 13.1 Å². The van der Waals surface area contributed by atoms with Gasteiger partial charge in [-0.3, -0.25) is 4.79 Å². The number of imidazole rings is 1.